The lowest BCUT2D eigenvalue weighted by Crippen LogP contribution is -2.41. The Morgan fingerprint density at radius 3 is 2.64 bits per heavy atom. The number of nitrogens with one attached hydrogen (secondary N) is 2. The number of benzene rings is 1. The number of furan rings is 1. The second-order valence-electron chi connectivity index (χ2n) is 6.06. The number of hydrogen-bond acceptors (Lipinski definition) is 7. The lowest BCUT2D eigenvalue weighted by Gasteiger charge is -2.18. The molecule has 28 heavy (non-hydrogen) atoms. The Morgan fingerprint density at radius 1 is 1.11 bits per heavy atom. The van der Waals surface area contributed by atoms with E-state index in [0.717, 1.165) is 6.42 Å². The summed E-state index contributed by atoms with van der Waals surface area (Å²) in [7, 11) is 0. The maximum absolute atomic E-state index is 12.2. The van der Waals surface area contributed by atoms with Crippen LogP contribution in [0.3, 0.4) is 0 Å². The number of amides is 3. The van der Waals surface area contributed by atoms with Gasteiger partial charge < -0.3 is 14.2 Å². The minimum absolute atomic E-state index is 0.0223. The highest BCUT2D eigenvalue weighted by atomic mass is 16.4. The Balaban J connectivity index is 1.53. The average Bonchev–Trinajstić information content (AvgIpc) is 3.34. The summed E-state index contributed by atoms with van der Waals surface area (Å²) in [6.07, 6.45) is 2.34. The van der Waals surface area contributed by atoms with E-state index in [0.29, 0.717) is 23.9 Å². The molecule has 2 heterocycles. The van der Waals surface area contributed by atoms with Crippen LogP contribution in [-0.2, 0) is 11.3 Å². The quantitative estimate of drug-likeness (QED) is 0.615. The van der Waals surface area contributed by atoms with E-state index >= 15 is 0 Å². The van der Waals surface area contributed by atoms with Crippen LogP contribution < -0.4 is 10.6 Å². The highest BCUT2D eigenvalue weighted by molar-refractivity contribution is 6.01. The standard InChI is InChI=1S/C19H21N5O4/c1-2-10-24(13-17-22-23-18(28-17)15-9-6-11-27-15)12-16(25)21-19(26)20-14-7-4-3-5-8-14/h3-9,11H,2,10,12-13H2,1H3,(H2,20,21,25,26). The van der Waals surface area contributed by atoms with Crippen LogP contribution in [0.15, 0.2) is 57.6 Å². The van der Waals surface area contributed by atoms with Crippen LogP contribution in [0.2, 0.25) is 0 Å². The molecule has 0 aliphatic heterocycles. The van der Waals surface area contributed by atoms with Gasteiger partial charge >= 0.3 is 6.03 Å². The molecule has 0 spiro atoms. The van der Waals surface area contributed by atoms with Crippen molar-refractivity contribution in [2.45, 2.75) is 19.9 Å². The van der Waals surface area contributed by atoms with Crippen LogP contribution in [0.1, 0.15) is 19.2 Å². The van der Waals surface area contributed by atoms with Gasteiger partial charge in [-0.3, -0.25) is 15.0 Å². The number of carbonyl (C=O) groups is 2. The van der Waals surface area contributed by atoms with Gasteiger partial charge in [0.2, 0.25) is 11.8 Å². The summed E-state index contributed by atoms with van der Waals surface area (Å²) < 4.78 is 10.8. The first-order valence-electron chi connectivity index (χ1n) is 8.88. The fourth-order valence-electron chi connectivity index (χ4n) is 2.59. The molecule has 0 radical (unpaired) electrons. The van der Waals surface area contributed by atoms with Crippen molar-refractivity contribution < 1.29 is 18.4 Å². The van der Waals surface area contributed by atoms with Gasteiger partial charge in [-0.15, -0.1) is 10.2 Å². The van der Waals surface area contributed by atoms with Crippen molar-refractivity contribution >= 4 is 17.6 Å². The number of carbonyl (C=O) groups excluding carboxylic acids is 2. The van der Waals surface area contributed by atoms with Gasteiger partial charge in [0.25, 0.3) is 5.89 Å². The number of hydrogen-bond donors (Lipinski definition) is 2. The van der Waals surface area contributed by atoms with Crippen LogP contribution in [0.5, 0.6) is 0 Å². The number of rotatable bonds is 8. The Hall–Kier alpha value is -3.46. The highest BCUT2D eigenvalue weighted by Crippen LogP contribution is 2.18. The zero-order valence-corrected chi connectivity index (χ0v) is 15.4. The topological polar surface area (TPSA) is 114 Å². The van der Waals surface area contributed by atoms with Crippen LogP contribution in [0.4, 0.5) is 10.5 Å². The van der Waals surface area contributed by atoms with E-state index in [4.69, 9.17) is 8.83 Å². The summed E-state index contributed by atoms with van der Waals surface area (Å²) in [6.45, 7) is 2.94. The molecule has 3 aromatic rings. The second-order valence-corrected chi connectivity index (χ2v) is 6.06. The fraction of sp³-hybridized carbons (Fsp3) is 0.263. The van der Waals surface area contributed by atoms with Crippen molar-refractivity contribution in [2.24, 2.45) is 0 Å². The first kappa shape index (κ1) is 19.3. The van der Waals surface area contributed by atoms with E-state index in [1.54, 1.807) is 36.4 Å². The third-order valence-corrected chi connectivity index (χ3v) is 3.75. The molecule has 9 nitrogen and oxygen atoms in total. The SMILES string of the molecule is CCCN(CC(=O)NC(=O)Nc1ccccc1)Cc1nnc(-c2ccco2)o1. The molecular weight excluding hydrogens is 362 g/mol. The van der Waals surface area contributed by atoms with E-state index in [-0.39, 0.29) is 19.0 Å². The zero-order valence-electron chi connectivity index (χ0n) is 15.4. The fourth-order valence-corrected chi connectivity index (χ4v) is 2.59. The van der Waals surface area contributed by atoms with Gasteiger partial charge in [-0.25, -0.2) is 4.79 Å². The maximum Gasteiger partial charge on any atom is 0.325 e. The number of aromatic nitrogens is 2. The Labute approximate surface area is 161 Å². The lowest BCUT2D eigenvalue weighted by atomic mass is 10.3. The van der Waals surface area contributed by atoms with E-state index in [1.165, 1.54) is 6.26 Å². The number of urea groups is 1. The van der Waals surface area contributed by atoms with Crippen molar-refractivity contribution in [3.05, 3.63) is 54.6 Å². The molecule has 0 saturated heterocycles. The number of nitrogens with zero attached hydrogens (tertiary/aromatic N) is 3. The Kier molecular flexibility index (Phi) is 6.53. The van der Waals surface area contributed by atoms with Crippen LogP contribution in [0, 0.1) is 0 Å². The normalized spacial score (nSPS) is 10.8. The van der Waals surface area contributed by atoms with Gasteiger partial charge in [0.1, 0.15) is 0 Å². The van der Waals surface area contributed by atoms with Gasteiger partial charge in [-0.1, -0.05) is 25.1 Å². The van der Waals surface area contributed by atoms with E-state index in [9.17, 15) is 9.59 Å². The number of imide groups is 1. The lowest BCUT2D eigenvalue weighted by molar-refractivity contribution is -0.121. The summed E-state index contributed by atoms with van der Waals surface area (Å²) in [6, 6.07) is 11.8. The van der Waals surface area contributed by atoms with Crippen LogP contribution in [0.25, 0.3) is 11.7 Å². The largest absolute Gasteiger partial charge is 0.459 e. The summed E-state index contributed by atoms with van der Waals surface area (Å²) in [5.41, 5.74) is 0.606. The predicted octanol–water partition coefficient (Wildman–Crippen LogP) is 2.89. The van der Waals surface area contributed by atoms with Gasteiger partial charge in [0.05, 0.1) is 19.4 Å². The smallest absolute Gasteiger partial charge is 0.325 e. The predicted molar refractivity (Wildman–Crippen MR) is 101 cm³/mol. The Morgan fingerprint density at radius 2 is 1.93 bits per heavy atom. The molecule has 2 aromatic heterocycles. The molecular formula is C19H21N5O4. The van der Waals surface area contributed by atoms with Crippen molar-refractivity contribution in [1.82, 2.24) is 20.4 Å². The monoisotopic (exact) mass is 383 g/mol. The third-order valence-electron chi connectivity index (χ3n) is 3.75. The molecule has 0 aliphatic rings. The summed E-state index contributed by atoms with van der Waals surface area (Å²) >= 11 is 0. The zero-order chi connectivity index (χ0) is 19.8. The van der Waals surface area contributed by atoms with Crippen molar-refractivity contribution in [2.75, 3.05) is 18.4 Å². The molecule has 0 unspecified atom stereocenters. The van der Waals surface area contributed by atoms with Crippen molar-refractivity contribution in [3.63, 3.8) is 0 Å². The minimum Gasteiger partial charge on any atom is -0.459 e. The molecule has 1 aromatic carbocycles. The minimum atomic E-state index is -0.578. The number of anilines is 1. The first-order valence-corrected chi connectivity index (χ1v) is 8.88. The highest BCUT2D eigenvalue weighted by Gasteiger charge is 2.17. The van der Waals surface area contributed by atoms with Crippen molar-refractivity contribution in [1.29, 1.82) is 0 Å². The molecule has 2 N–H and O–H groups in total. The van der Waals surface area contributed by atoms with E-state index in [2.05, 4.69) is 20.8 Å². The van der Waals surface area contributed by atoms with Crippen LogP contribution >= 0.6 is 0 Å². The van der Waals surface area contributed by atoms with E-state index < -0.39 is 11.9 Å². The summed E-state index contributed by atoms with van der Waals surface area (Å²) in [5, 5.41) is 12.9. The van der Waals surface area contributed by atoms with Gasteiger partial charge in [0.15, 0.2) is 5.76 Å². The molecule has 3 rings (SSSR count). The van der Waals surface area contributed by atoms with Gasteiger partial charge in [-0.05, 0) is 37.2 Å². The molecule has 0 aliphatic carbocycles. The molecule has 3 amide bonds. The second kappa shape index (κ2) is 9.47. The first-order chi connectivity index (χ1) is 13.6. The van der Waals surface area contributed by atoms with Gasteiger partial charge in [0, 0.05) is 5.69 Å². The van der Waals surface area contributed by atoms with Crippen molar-refractivity contribution in [3.8, 4) is 11.7 Å². The summed E-state index contributed by atoms with van der Waals surface area (Å²) in [4.78, 5) is 26.0. The molecule has 146 valence electrons. The molecule has 0 saturated carbocycles. The van der Waals surface area contributed by atoms with E-state index in [1.807, 2.05) is 17.9 Å². The molecule has 0 fully saturated rings. The van der Waals surface area contributed by atoms with Gasteiger partial charge in [-0.2, -0.15) is 0 Å². The molecule has 0 bridgehead atoms. The Bertz CT molecular complexity index is 892. The molecule has 0 atom stereocenters. The summed E-state index contributed by atoms with van der Waals surface area (Å²) in [5.74, 6) is 0.702. The maximum atomic E-state index is 12.2. The molecule has 9 heteroatoms. The van der Waals surface area contributed by atoms with Crippen LogP contribution in [-0.4, -0.2) is 40.1 Å². The number of para-hydroxylation sites is 1. The third kappa shape index (κ3) is 5.52. The average molecular weight is 383 g/mol.